The van der Waals surface area contributed by atoms with Gasteiger partial charge in [0.2, 0.25) is 0 Å². The molecule has 2 N–H and O–H groups in total. The molecule has 3 heterocycles. The highest BCUT2D eigenvalue weighted by Gasteiger charge is 2.24. The van der Waals surface area contributed by atoms with Gasteiger partial charge in [-0.05, 0) is 50.2 Å². The lowest BCUT2D eigenvalue weighted by molar-refractivity contribution is -0.113. The van der Waals surface area contributed by atoms with Crippen LogP contribution in [0.5, 0.6) is 0 Å². The molecule has 28 heavy (non-hydrogen) atoms. The zero-order valence-corrected chi connectivity index (χ0v) is 15.8. The number of aromatic nitrogens is 2. The van der Waals surface area contributed by atoms with Crippen LogP contribution in [0.15, 0.2) is 78.5 Å². The van der Waals surface area contributed by atoms with Gasteiger partial charge >= 0.3 is 0 Å². The van der Waals surface area contributed by atoms with Crippen LogP contribution < -0.4 is 10.7 Å². The van der Waals surface area contributed by atoms with Crippen molar-refractivity contribution in [3.63, 3.8) is 0 Å². The topological polar surface area (TPSA) is 70.2 Å². The van der Waals surface area contributed by atoms with Crippen molar-refractivity contribution < 1.29 is 4.79 Å². The number of carbonyl (C=O) groups excluding carboxylic acids is 1. The Labute approximate surface area is 163 Å². The van der Waals surface area contributed by atoms with Crippen molar-refractivity contribution in [2.45, 2.75) is 13.8 Å². The number of hydrogen-bond donors (Lipinski definition) is 2. The molecule has 1 aliphatic heterocycles. The van der Waals surface area contributed by atoms with Gasteiger partial charge < -0.3 is 5.32 Å². The molecular formula is C22H21N5O. The van der Waals surface area contributed by atoms with E-state index in [-0.39, 0.29) is 5.78 Å². The fourth-order valence-corrected chi connectivity index (χ4v) is 3.29. The molecule has 0 saturated heterocycles. The van der Waals surface area contributed by atoms with Crippen molar-refractivity contribution >= 4 is 28.1 Å². The summed E-state index contributed by atoms with van der Waals surface area (Å²) in [7, 11) is 0. The minimum Gasteiger partial charge on any atom is -0.353 e. The molecule has 1 aromatic carbocycles. The Balaban J connectivity index is 1.84. The second-order valence-corrected chi connectivity index (χ2v) is 6.49. The predicted molar refractivity (Wildman–Crippen MR) is 111 cm³/mol. The van der Waals surface area contributed by atoms with Crippen LogP contribution in [0.3, 0.4) is 0 Å². The van der Waals surface area contributed by atoms with Gasteiger partial charge in [-0.1, -0.05) is 6.07 Å². The Morgan fingerprint density at radius 1 is 1.14 bits per heavy atom. The molecule has 0 aliphatic carbocycles. The molecular weight excluding hydrogens is 350 g/mol. The summed E-state index contributed by atoms with van der Waals surface area (Å²) in [5.74, 6) is -0.0285. The standard InChI is InChI=1S/C22H21N5O/c1-3-27-14-20(25-19-10-4-9-18-17(19)8-6-12-24-18)21(15(2)28)22(26-27)16-7-5-11-23-13-16/h4-14,25-26H,3H2,1-2H3. The first kappa shape index (κ1) is 17.7. The third-order valence-electron chi connectivity index (χ3n) is 4.62. The van der Waals surface area contributed by atoms with Gasteiger partial charge in [-0.25, -0.2) is 0 Å². The highest BCUT2D eigenvalue weighted by atomic mass is 16.1. The fraction of sp³-hybridized carbons (Fsp3) is 0.136. The Morgan fingerprint density at radius 2 is 2.00 bits per heavy atom. The average Bonchev–Trinajstić information content (AvgIpc) is 2.74. The largest absolute Gasteiger partial charge is 0.353 e. The van der Waals surface area contributed by atoms with Crippen molar-refractivity contribution in [1.82, 2.24) is 20.4 Å². The van der Waals surface area contributed by atoms with E-state index in [1.165, 1.54) is 0 Å². The van der Waals surface area contributed by atoms with Crippen molar-refractivity contribution in [2.24, 2.45) is 0 Å². The number of nitrogens with zero attached hydrogens (tertiary/aromatic N) is 3. The molecule has 0 atom stereocenters. The van der Waals surface area contributed by atoms with E-state index in [1.54, 1.807) is 25.5 Å². The predicted octanol–water partition coefficient (Wildman–Crippen LogP) is 3.72. The van der Waals surface area contributed by atoms with E-state index in [4.69, 9.17) is 0 Å². The van der Waals surface area contributed by atoms with E-state index in [9.17, 15) is 4.79 Å². The summed E-state index contributed by atoms with van der Waals surface area (Å²) >= 11 is 0. The lowest BCUT2D eigenvalue weighted by atomic mass is 10.0. The van der Waals surface area contributed by atoms with Gasteiger partial charge in [0.15, 0.2) is 5.78 Å². The van der Waals surface area contributed by atoms with Gasteiger partial charge in [0.25, 0.3) is 0 Å². The molecule has 0 fully saturated rings. The van der Waals surface area contributed by atoms with Crippen molar-refractivity contribution in [2.75, 3.05) is 11.9 Å². The normalized spacial score (nSPS) is 13.9. The van der Waals surface area contributed by atoms with Crippen molar-refractivity contribution in [1.29, 1.82) is 0 Å². The van der Waals surface area contributed by atoms with Gasteiger partial charge in [-0.2, -0.15) is 0 Å². The van der Waals surface area contributed by atoms with Gasteiger partial charge in [0, 0.05) is 48.0 Å². The van der Waals surface area contributed by atoms with E-state index in [0.29, 0.717) is 5.57 Å². The summed E-state index contributed by atoms with van der Waals surface area (Å²) in [5.41, 5.74) is 8.06. The molecule has 3 aromatic rings. The quantitative estimate of drug-likeness (QED) is 0.712. The highest BCUT2D eigenvalue weighted by molar-refractivity contribution is 6.06. The molecule has 1 aliphatic rings. The SMILES string of the molecule is CCN1C=C(Nc2cccc3ncccc23)C(C(C)=O)=C(c2cccnc2)N1. The monoisotopic (exact) mass is 371 g/mol. The molecule has 0 amide bonds. The van der Waals surface area contributed by atoms with Gasteiger partial charge in [0.1, 0.15) is 0 Å². The maximum Gasteiger partial charge on any atom is 0.164 e. The minimum absolute atomic E-state index is 0.0285. The summed E-state index contributed by atoms with van der Waals surface area (Å²) in [5, 5.41) is 6.40. The zero-order valence-electron chi connectivity index (χ0n) is 15.8. The van der Waals surface area contributed by atoms with Crippen LogP contribution in [0.2, 0.25) is 0 Å². The first-order valence-electron chi connectivity index (χ1n) is 9.19. The average molecular weight is 371 g/mol. The molecule has 0 unspecified atom stereocenters. The molecule has 0 bridgehead atoms. The van der Waals surface area contributed by atoms with Crippen LogP contribution in [-0.2, 0) is 4.79 Å². The number of Topliss-reactive ketones (excluding diaryl/α,β-unsaturated/α-hetero) is 1. The van der Waals surface area contributed by atoms with E-state index < -0.39 is 0 Å². The number of rotatable bonds is 5. The number of benzene rings is 1. The molecule has 0 saturated carbocycles. The first-order chi connectivity index (χ1) is 13.7. The third-order valence-corrected chi connectivity index (χ3v) is 4.62. The minimum atomic E-state index is -0.0285. The van der Waals surface area contributed by atoms with Crippen LogP contribution in [0.1, 0.15) is 19.4 Å². The van der Waals surface area contributed by atoms with Crippen LogP contribution in [-0.4, -0.2) is 27.3 Å². The zero-order chi connectivity index (χ0) is 19.5. The summed E-state index contributed by atoms with van der Waals surface area (Å²) < 4.78 is 0. The smallest absolute Gasteiger partial charge is 0.164 e. The number of pyridine rings is 2. The highest BCUT2D eigenvalue weighted by Crippen LogP contribution is 2.30. The van der Waals surface area contributed by atoms with Crippen LogP contribution in [0, 0.1) is 0 Å². The maximum atomic E-state index is 12.6. The molecule has 6 nitrogen and oxygen atoms in total. The maximum absolute atomic E-state index is 12.6. The Bertz CT molecular complexity index is 1080. The second kappa shape index (κ2) is 7.52. The molecule has 0 spiro atoms. The Morgan fingerprint density at radius 3 is 2.75 bits per heavy atom. The fourth-order valence-electron chi connectivity index (χ4n) is 3.29. The van der Waals surface area contributed by atoms with E-state index >= 15 is 0 Å². The summed E-state index contributed by atoms with van der Waals surface area (Å²) in [6.45, 7) is 4.36. The summed E-state index contributed by atoms with van der Waals surface area (Å²) in [6.07, 6.45) is 7.17. The summed E-state index contributed by atoms with van der Waals surface area (Å²) in [4.78, 5) is 21.2. The molecule has 2 aromatic heterocycles. The number of anilines is 1. The number of nitrogens with one attached hydrogen (secondary N) is 2. The number of allylic oxidation sites excluding steroid dienone is 1. The van der Waals surface area contributed by atoms with E-state index in [0.717, 1.165) is 40.1 Å². The Kier molecular flexibility index (Phi) is 4.76. The molecule has 6 heteroatoms. The van der Waals surface area contributed by atoms with Crippen LogP contribution >= 0.6 is 0 Å². The van der Waals surface area contributed by atoms with Gasteiger partial charge in [-0.3, -0.25) is 25.2 Å². The third kappa shape index (κ3) is 3.32. The molecule has 0 radical (unpaired) electrons. The van der Waals surface area contributed by atoms with E-state index in [2.05, 4.69) is 20.7 Å². The van der Waals surface area contributed by atoms with Gasteiger partial charge in [0.05, 0.1) is 22.5 Å². The second-order valence-electron chi connectivity index (χ2n) is 6.49. The van der Waals surface area contributed by atoms with Crippen molar-refractivity contribution in [3.05, 3.63) is 84.1 Å². The molecule has 140 valence electrons. The number of fused-ring (bicyclic) bond motifs is 1. The lowest BCUT2D eigenvalue weighted by Crippen LogP contribution is -2.38. The van der Waals surface area contributed by atoms with Crippen molar-refractivity contribution in [3.8, 4) is 0 Å². The van der Waals surface area contributed by atoms with Crippen LogP contribution in [0.4, 0.5) is 5.69 Å². The van der Waals surface area contributed by atoms with E-state index in [1.807, 2.05) is 60.6 Å². The van der Waals surface area contributed by atoms with Crippen LogP contribution in [0.25, 0.3) is 16.6 Å². The number of hydrogen-bond acceptors (Lipinski definition) is 6. The number of ketones is 1. The first-order valence-corrected chi connectivity index (χ1v) is 9.19. The number of carbonyl (C=O) groups is 1. The molecule has 4 rings (SSSR count). The Hall–Kier alpha value is -3.67. The lowest BCUT2D eigenvalue weighted by Gasteiger charge is -2.31. The summed E-state index contributed by atoms with van der Waals surface area (Å²) in [6, 6.07) is 13.6. The van der Waals surface area contributed by atoms with Gasteiger partial charge in [-0.15, -0.1) is 0 Å². The number of hydrazine groups is 1.